The molecular formula is C58H38N4Si. The Hall–Kier alpha value is -8.12. The minimum absolute atomic E-state index is 0.719. The van der Waals surface area contributed by atoms with Gasteiger partial charge in [0, 0.05) is 49.1 Å². The van der Waals surface area contributed by atoms with Gasteiger partial charge in [0.25, 0.3) is 0 Å². The lowest BCUT2D eigenvalue weighted by atomic mass is 10.0. The Kier molecular flexibility index (Phi) is 7.89. The number of aromatic nitrogens is 4. The lowest BCUT2D eigenvalue weighted by Gasteiger charge is -2.32. The molecule has 63 heavy (non-hydrogen) atoms. The van der Waals surface area contributed by atoms with E-state index in [9.17, 15) is 0 Å². The van der Waals surface area contributed by atoms with Gasteiger partial charge in [-0.15, -0.1) is 0 Å². The van der Waals surface area contributed by atoms with Crippen LogP contribution in [0.2, 0.25) is 0 Å². The summed E-state index contributed by atoms with van der Waals surface area (Å²) in [5.41, 5.74) is 12.1. The standard InChI is InChI=1S/C58H38N4Si/c1-5-21-39(22-6-1)58-59-54(57-55(60-58)47-32-16-20-36-52(47)63(57,41-25-9-3-10-26-41)42-27-11-4-12-28-42)46-31-15-19-35-50(46)62-49-34-18-14-30-45(49)53-51(62)38-37-44-43-29-13-17-33-48(43)61(56(44)53)40-23-7-2-8-24-40/h1-38H. The van der Waals surface area contributed by atoms with Gasteiger partial charge in [-0.05, 0) is 52.0 Å². The van der Waals surface area contributed by atoms with Gasteiger partial charge in [-0.1, -0.05) is 194 Å². The number of para-hydroxylation sites is 4. The molecule has 0 saturated heterocycles. The van der Waals surface area contributed by atoms with Gasteiger partial charge in [0.05, 0.1) is 39.1 Å². The van der Waals surface area contributed by atoms with Gasteiger partial charge in [0.2, 0.25) is 0 Å². The lowest BCUT2D eigenvalue weighted by Crippen LogP contribution is -2.73. The summed E-state index contributed by atoms with van der Waals surface area (Å²) in [7, 11) is -3.03. The maximum Gasteiger partial charge on any atom is 0.185 e. The minimum Gasteiger partial charge on any atom is -0.309 e. The zero-order chi connectivity index (χ0) is 41.5. The number of fused-ring (bicyclic) bond motifs is 10. The maximum absolute atomic E-state index is 5.78. The van der Waals surface area contributed by atoms with Crippen LogP contribution in [0, 0.1) is 0 Å². The molecule has 0 amide bonds. The SMILES string of the molecule is c1ccc(-c2nc(-c3ccccc3-n3c4ccccc4c4c3ccc3c5ccccc5n(-c5ccccc5)c34)c3c(n2)-c2ccccc2[Si]3(c2ccccc2)c2ccccc2)cc1. The molecular weight excluding hydrogens is 781 g/mol. The van der Waals surface area contributed by atoms with Gasteiger partial charge in [-0.3, -0.25) is 0 Å². The second-order valence-corrected chi connectivity index (χ2v) is 20.1. The van der Waals surface area contributed by atoms with Crippen LogP contribution in [0.3, 0.4) is 0 Å². The van der Waals surface area contributed by atoms with E-state index in [1.807, 2.05) is 0 Å². The fraction of sp³-hybridized carbons (Fsp3) is 0. The van der Waals surface area contributed by atoms with E-state index in [-0.39, 0.29) is 0 Å². The highest BCUT2D eigenvalue weighted by molar-refractivity contribution is 7.22. The van der Waals surface area contributed by atoms with Crippen molar-refractivity contribution in [3.63, 3.8) is 0 Å². The van der Waals surface area contributed by atoms with Crippen LogP contribution in [-0.4, -0.2) is 27.2 Å². The summed E-state index contributed by atoms with van der Waals surface area (Å²) in [5.74, 6) is 0.719. The summed E-state index contributed by atoms with van der Waals surface area (Å²) in [6, 6.07) is 83.8. The smallest absolute Gasteiger partial charge is 0.185 e. The summed E-state index contributed by atoms with van der Waals surface area (Å²) in [6.07, 6.45) is 0. The molecule has 0 unspecified atom stereocenters. The molecule has 0 bridgehead atoms. The van der Waals surface area contributed by atoms with Crippen molar-refractivity contribution < 1.29 is 0 Å². The summed E-state index contributed by atoms with van der Waals surface area (Å²) in [6.45, 7) is 0. The first-order chi connectivity index (χ1) is 31.3. The zero-order valence-electron chi connectivity index (χ0n) is 34.2. The third-order valence-corrected chi connectivity index (χ3v) is 18.1. The summed E-state index contributed by atoms with van der Waals surface area (Å²) in [4.78, 5) is 11.4. The summed E-state index contributed by atoms with van der Waals surface area (Å²) >= 11 is 0. The van der Waals surface area contributed by atoms with Crippen LogP contribution in [0.1, 0.15) is 0 Å². The fourth-order valence-electron chi connectivity index (χ4n) is 10.7. The van der Waals surface area contributed by atoms with E-state index in [1.54, 1.807) is 0 Å². The van der Waals surface area contributed by atoms with Crippen molar-refractivity contribution in [3.05, 3.63) is 231 Å². The zero-order valence-corrected chi connectivity index (χ0v) is 35.2. The molecule has 1 aliphatic rings. The predicted molar refractivity (Wildman–Crippen MR) is 264 cm³/mol. The first-order valence-corrected chi connectivity index (χ1v) is 23.6. The van der Waals surface area contributed by atoms with Crippen LogP contribution in [0.4, 0.5) is 0 Å². The third kappa shape index (κ3) is 5.08. The van der Waals surface area contributed by atoms with Crippen molar-refractivity contribution in [3.8, 4) is 45.3 Å². The van der Waals surface area contributed by atoms with Crippen LogP contribution in [0.5, 0.6) is 0 Å². The van der Waals surface area contributed by atoms with E-state index >= 15 is 0 Å². The van der Waals surface area contributed by atoms with E-state index in [0.29, 0.717) is 0 Å². The normalized spacial score (nSPS) is 12.9. The average molecular weight is 819 g/mol. The number of hydrogen-bond donors (Lipinski definition) is 0. The second kappa shape index (κ2) is 14.0. The van der Waals surface area contributed by atoms with Gasteiger partial charge >= 0.3 is 0 Å². The van der Waals surface area contributed by atoms with Gasteiger partial charge < -0.3 is 9.13 Å². The lowest BCUT2D eigenvalue weighted by molar-refractivity contribution is 1.16. The van der Waals surface area contributed by atoms with Crippen molar-refractivity contribution in [2.24, 2.45) is 0 Å². The first kappa shape index (κ1) is 35.6. The number of hydrogen-bond acceptors (Lipinski definition) is 2. The number of benzene rings is 9. The van der Waals surface area contributed by atoms with E-state index in [2.05, 4.69) is 240 Å². The van der Waals surface area contributed by atoms with Gasteiger partial charge in [0.15, 0.2) is 13.9 Å². The van der Waals surface area contributed by atoms with Crippen molar-refractivity contribution in [2.45, 2.75) is 0 Å². The molecule has 0 spiro atoms. The van der Waals surface area contributed by atoms with Crippen LogP contribution in [-0.2, 0) is 0 Å². The molecule has 0 atom stereocenters. The highest BCUT2D eigenvalue weighted by atomic mass is 28.3. The van der Waals surface area contributed by atoms with Crippen LogP contribution < -0.4 is 20.7 Å². The molecule has 5 heteroatoms. The fourth-order valence-corrected chi connectivity index (χ4v) is 15.9. The van der Waals surface area contributed by atoms with E-state index in [1.165, 1.54) is 58.9 Å². The Morgan fingerprint density at radius 3 is 1.59 bits per heavy atom. The van der Waals surface area contributed by atoms with E-state index < -0.39 is 8.07 Å². The van der Waals surface area contributed by atoms with E-state index in [0.717, 1.165) is 50.7 Å². The number of nitrogens with zero attached hydrogens (tertiary/aromatic N) is 4. The van der Waals surface area contributed by atoms with Crippen molar-refractivity contribution in [1.29, 1.82) is 0 Å². The van der Waals surface area contributed by atoms with Crippen molar-refractivity contribution in [2.75, 3.05) is 0 Å². The molecule has 0 aliphatic carbocycles. The highest BCUT2D eigenvalue weighted by Crippen LogP contribution is 2.44. The molecule has 294 valence electrons. The Morgan fingerprint density at radius 2 is 0.889 bits per heavy atom. The molecule has 13 rings (SSSR count). The Labute approximate surface area is 365 Å². The summed E-state index contributed by atoms with van der Waals surface area (Å²) < 4.78 is 4.94. The van der Waals surface area contributed by atoms with Crippen molar-refractivity contribution >= 4 is 72.4 Å². The molecule has 0 radical (unpaired) electrons. The molecule has 4 nitrogen and oxygen atoms in total. The quantitative estimate of drug-likeness (QED) is 0.157. The Balaban J connectivity index is 1.19. The van der Waals surface area contributed by atoms with E-state index in [4.69, 9.17) is 9.97 Å². The molecule has 4 heterocycles. The third-order valence-electron chi connectivity index (χ3n) is 13.2. The van der Waals surface area contributed by atoms with Crippen molar-refractivity contribution in [1.82, 2.24) is 19.1 Å². The molecule has 0 N–H and O–H groups in total. The second-order valence-electron chi connectivity index (χ2n) is 16.4. The monoisotopic (exact) mass is 818 g/mol. The van der Waals surface area contributed by atoms with Crippen LogP contribution >= 0.6 is 0 Å². The Bertz CT molecular complexity index is 3690. The molecule has 9 aromatic carbocycles. The van der Waals surface area contributed by atoms with Crippen LogP contribution in [0.25, 0.3) is 88.9 Å². The maximum atomic E-state index is 5.78. The highest BCUT2D eigenvalue weighted by Gasteiger charge is 2.52. The van der Waals surface area contributed by atoms with Gasteiger partial charge in [0.1, 0.15) is 0 Å². The molecule has 12 aromatic rings. The topological polar surface area (TPSA) is 35.6 Å². The van der Waals surface area contributed by atoms with Gasteiger partial charge in [-0.25, -0.2) is 9.97 Å². The average Bonchev–Trinajstić information content (AvgIpc) is 3.99. The molecule has 1 aliphatic heterocycles. The molecule has 0 saturated carbocycles. The number of rotatable bonds is 6. The minimum atomic E-state index is -3.03. The summed E-state index contributed by atoms with van der Waals surface area (Å²) in [5, 5.41) is 10.1. The predicted octanol–water partition coefficient (Wildman–Crippen LogP) is 11.4. The molecule has 3 aromatic heterocycles. The first-order valence-electron chi connectivity index (χ1n) is 21.6. The Morgan fingerprint density at radius 1 is 0.365 bits per heavy atom. The largest absolute Gasteiger partial charge is 0.309 e. The van der Waals surface area contributed by atoms with Gasteiger partial charge in [-0.2, -0.15) is 0 Å². The van der Waals surface area contributed by atoms with Crippen LogP contribution in [0.15, 0.2) is 231 Å². The molecule has 0 fully saturated rings.